The predicted molar refractivity (Wildman–Crippen MR) is 62.0 cm³/mol. The molecule has 1 aromatic rings. The first-order valence-electron chi connectivity index (χ1n) is 4.96. The fourth-order valence-electron chi connectivity index (χ4n) is 1.79. The second-order valence-electron chi connectivity index (χ2n) is 3.81. The Morgan fingerprint density at radius 1 is 1.38 bits per heavy atom. The van der Waals surface area contributed by atoms with Crippen molar-refractivity contribution < 1.29 is 13.5 Å². The van der Waals surface area contributed by atoms with Crippen LogP contribution in [0.25, 0.3) is 0 Å². The normalized spacial score (nSPS) is 22.4. The maximum Gasteiger partial charge on any atom is 0.160 e. The van der Waals surface area contributed by atoms with Crippen LogP contribution in [0, 0.1) is 17.6 Å². The van der Waals surface area contributed by atoms with Gasteiger partial charge in [0.05, 0.1) is 6.61 Å². The summed E-state index contributed by atoms with van der Waals surface area (Å²) in [5.41, 5.74) is 0.580. The molecule has 0 spiro atoms. The summed E-state index contributed by atoms with van der Waals surface area (Å²) in [5.74, 6) is -1.54. The molecule has 88 valence electrons. The Bertz CT molecular complexity index is 394. The number of rotatable bonds is 2. The first-order chi connectivity index (χ1) is 7.59. The second-order valence-corrected chi connectivity index (χ2v) is 5.21. The highest BCUT2D eigenvalue weighted by Gasteiger charge is 2.27. The molecule has 1 nitrogen and oxygen atoms in total. The van der Waals surface area contributed by atoms with Gasteiger partial charge < -0.3 is 4.74 Å². The summed E-state index contributed by atoms with van der Waals surface area (Å²) in [7, 11) is 0. The van der Waals surface area contributed by atoms with Crippen molar-refractivity contribution in [2.75, 3.05) is 13.2 Å². The molecular weight excluding hydrogens is 301 g/mol. The zero-order valence-electron chi connectivity index (χ0n) is 8.35. The molecule has 5 heteroatoms. The number of hydrogen-bond acceptors (Lipinski definition) is 1. The maximum atomic E-state index is 13.1. The van der Waals surface area contributed by atoms with Crippen LogP contribution in [-0.2, 0) is 4.74 Å². The van der Waals surface area contributed by atoms with E-state index in [9.17, 15) is 8.78 Å². The van der Waals surface area contributed by atoms with E-state index >= 15 is 0 Å². The van der Waals surface area contributed by atoms with E-state index in [2.05, 4.69) is 15.9 Å². The van der Waals surface area contributed by atoms with Crippen LogP contribution in [0.3, 0.4) is 0 Å². The van der Waals surface area contributed by atoms with Crippen molar-refractivity contribution in [1.29, 1.82) is 0 Å². The van der Waals surface area contributed by atoms with Gasteiger partial charge in [-0.2, -0.15) is 0 Å². The molecule has 1 saturated heterocycles. The standard InChI is InChI=1S/C11H10BrClF2O/c12-11(6-1-2-16-5-6)7-3-9(14)10(15)4-8(7)13/h3-4,6,11H,1-2,5H2. The maximum absolute atomic E-state index is 13.1. The molecule has 1 aromatic carbocycles. The van der Waals surface area contributed by atoms with Crippen LogP contribution in [0.5, 0.6) is 0 Å². The number of benzene rings is 1. The van der Waals surface area contributed by atoms with Gasteiger partial charge in [0.25, 0.3) is 0 Å². The van der Waals surface area contributed by atoms with Crippen molar-refractivity contribution in [3.8, 4) is 0 Å². The highest BCUT2D eigenvalue weighted by atomic mass is 79.9. The minimum Gasteiger partial charge on any atom is -0.381 e. The summed E-state index contributed by atoms with van der Waals surface area (Å²) in [5, 5.41) is 0.243. The van der Waals surface area contributed by atoms with Gasteiger partial charge in [-0.25, -0.2) is 8.78 Å². The number of ether oxygens (including phenoxy) is 1. The summed E-state index contributed by atoms with van der Waals surface area (Å²) in [6, 6.07) is 2.16. The van der Waals surface area contributed by atoms with E-state index < -0.39 is 11.6 Å². The minimum atomic E-state index is -0.920. The number of halogens is 4. The molecule has 0 aromatic heterocycles. The van der Waals surface area contributed by atoms with E-state index in [-0.39, 0.29) is 15.8 Å². The molecular formula is C11H10BrClF2O. The lowest BCUT2D eigenvalue weighted by atomic mass is 9.98. The van der Waals surface area contributed by atoms with E-state index in [4.69, 9.17) is 16.3 Å². The minimum absolute atomic E-state index is 0.0994. The van der Waals surface area contributed by atoms with E-state index in [0.29, 0.717) is 18.8 Å². The molecule has 1 aliphatic heterocycles. The van der Waals surface area contributed by atoms with Gasteiger partial charge in [0.1, 0.15) is 0 Å². The van der Waals surface area contributed by atoms with E-state index in [1.165, 1.54) is 0 Å². The third-order valence-electron chi connectivity index (χ3n) is 2.72. The quantitative estimate of drug-likeness (QED) is 0.590. The van der Waals surface area contributed by atoms with Gasteiger partial charge in [-0.3, -0.25) is 0 Å². The van der Waals surface area contributed by atoms with Crippen LogP contribution in [-0.4, -0.2) is 13.2 Å². The summed E-state index contributed by atoms with van der Waals surface area (Å²) in [4.78, 5) is -0.0994. The van der Waals surface area contributed by atoms with Crippen molar-refractivity contribution in [2.24, 2.45) is 5.92 Å². The predicted octanol–water partition coefficient (Wildman–Crippen LogP) is 4.09. The topological polar surface area (TPSA) is 9.23 Å². The van der Waals surface area contributed by atoms with Gasteiger partial charge >= 0.3 is 0 Å². The van der Waals surface area contributed by atoms with Crippen LogP contribution in [0.4, 0.5) is 8.78 Å². The lowest BCUT2D eigenvalue weighted by Gasteiger charge is -2.17. The Hall–Kier alpha value is -0.190. The molecule has 1 aliphatic rings. The molecule has 1 fully saturated rings. The van der Waals surface area contributed by atoms with Crippen molar-refractivity contribution >= 4 is 27.5 Å². The first kappa shape index (κ1) is 12.3. The average Bonchev–Trinajstić information content (AvgIpc) is 2.75. The van der Waals surface area contributed by atoms with Crippen molar-refractivity contribution in [2.45, 2.75) is 11.2 Å². The third kappa shape index (κ3) is 2.39. The molecule has 2 unspecified atom stereocenters. The van der Waals surface area contributed by atoms with Crippen LogP contribution >= 0.6 is 27.5 Å². The largest absolute Gasteiger partial charge is 0.381 e. The Balaban J connectivity index is 2.28. The number of hydrogen-bond donors (Lipinski definition) is 0. The molecule has 0 N–H and O–H groups in total. The van der Waals surface area contributed by atoms with Gasteiger partial charge in [-0.05, 0) is 24.1 Å². The zero-order valence-corrected chi connectivity index (χ0v) is 10.7. The lowest BCUT2D eigenvalue weighted by Crippen LogP contribution is -2.08. The third-order valence-corrected chi connectivity index (χ3v) is 4.28. The van der Waals surface area contributed by atoms with Crippen LogP contribution < -0.4 is 0 Å². The SMILES string of the molecule is Fc1cc(Cl)c(C(Br)C2CCOC2)cc1F. The fraction of sp³-hybridized carbons (Fsp3) is 0.455. The first-order valence-corrected chi connectivity index (χ1v) is 6.25. The smallest absolute Gasteiger partial charge is 0.160 e. The second kappa shape index (κ2) is 4.98. The Morgan fingerprint density at radius 3 is 2.69 bits per heavy atom. The zero-order chi connectivity index (χ0) is 11.7. The van der Waals surface area contributed by atoms with Crippen molar-refractivity contribution in [3.63, 3.8) is 0 Å². The van der Waals surface area contributed by atoms with E-state index in [0.717, 1.165) is 18.6 Å². The summed E-state index contributed by atoms with van der Waals surface area (Å²) in [6.07, 6.45) is 0.894. The monoisotopic (exact) mass is 310 g/mol. The Morgan fingerprint density at radius 2 is 2.06 bits per heavy atom. The average molecular weight is 312 g/mol. The van der Waals surface area contributed by atoms with Crippen LogP contribution in [0.15, 0.2) is 12.1 Å². The molecule has 0 aliphatic carbocycles. The Labute approximate surface area is 106 Å². The van der Waals surface area contributed by atoms with Crippen LogP contribution in [0.1, 0.15) is 16.8 Å². The summed E-state index contributed by atoms with van der Waals surface area (Å²) in [6.45, 7) is 1.32. The molecule has 0 radical (unpaired) electrons. The summed E-state index contributed by atoms with van der Waals surface area (Å²) < 4.78 is 31.3. The van der Waals surface area contributed by atoms with E-state index in [1.807, 2.05) is 0 Å². The van der Waals surface area contributed by atoms with Gasteiger partial charge in [0.2, 0.25) is 0 Å². The molecule has 2 rings (SSSR count). The molecule has 0 bridgehead atoms. The van der Waals surface area contributed by atoms with Gasteiger partial charge in [0.15, 0.2) is 11.6 Å². The van der Waals surface area contributed by atoms with Gasteiger partial charge in [-0.15, -0.1) is 0 Å². The number of alkyl halides is 1. The molecule has 2 atom stereocenters. The molecule has 0 saturated carbocycles. The van der Waals surface area contributed by atoms with Crippen molar-refractivity contribution in [3.05, 3.63) is 34.4 Å². The van der Waals surface area contributed by atoms with Gasteiger partial charge in [-0.1, -0.05) is 27.5 Å². The van der Waals surface area contributed by atoms with Gasteiger partial charge in [0, 0.05) is 22.4 Å². The van der Waals surface area contributed by atoms with Crippen molar-refractivity contribution in [1.82, 2.24) is 0 Å². The fourth-order valence-corrected chi connectivity index (χ4v) is 2.98. The highest BCUT2D eigenvalue weighted by Crippen LogP contribution is 2.39. The highest BCUT2D eigenvalue weighted by molar-refractivity contribution is 9.09. The lowest BCUT2D eigenvalue weighted by molar-refractivity contribution is 0.185. The summed E-state index contributed by atoms with van der Waals surface area (Å²) >= 11 is 9.37. The molecule has 1 heterocycles. The van der Waals surface area contributed by atoms with E-state index in [1.54, 1.807) is 0 Å². The molecule has 16 heavy (non-hydrogen) atoms. The Kier molecular flexibility index (Phi) is 3.82. The molecule has 0 amide bonds. The van der Waals surface area contributed by atoms with Crippen LogP contribution in [0.2, 0.25) is 5.02 Å².